The van der Waals surface area contributed by atoms with E-state index in [2.05, 4.69) is 43.2 Å². The molecule has 0 aliphatic rings. The van der Waals surface area contributed by atoms with Gasteiger partial charge in [-0.3, -0.25) is 4.79 Å². The number of amides is 1. The number of imidazole rings is 1. The van der Waals surface area contributed by atoms with Gasteiger partial charge in [0.15, 0.2) is 5.65 Å². The normalized spacial score (nSPS) is 11.2. The van der Waals surface area contributed by atoms with Crippen LogP contribution in [0.25, 0.3) is 5.65 Å². The second-order valence-corrected chi connectivity index (χ2v) is 7.81. The Labute approximate surface area is 189 Å². The van der Waals surface area contributed by atoms with Crippen molar-refractivity contribution in [3.8, 4) is 11.8 Å². The predicted molar refractivity (Wildman–Crippen MR) is 117 cm³/mol. The van der Waals surface area contributed by atoms with Crippen molar-refractivity contribution in [1.29, 1.82) is 0 Å². The van der Waals surface area contributed by atoms with E-state index < -0.39 is 17.6 Å². The molecule has 9 heteroatoms. The van der Waals surface area contributed by atoms with Gasteiger partial charge in [-0.2, -0.15) is 18.3 Å². The van der Waals surface area contributed by atoms with Crippen LogP contribution in [0.4, 0.5) is 18.9 Å². The molecule has 4 aromatic rings. The van der Waals surface area contributed by atoms with Gasteiger partial charge in [-0.15, -0.1) is 0 Å². The highest BCUT2D eigenvalue weighted by Gasteiger charge is 2.31. The Balaban J connectivity index is 1.61. The number of carbonyl (C=O) groups is 1. The molecule has 0 atom stereocenters. The minimum Gasteiger partial charge on any atom is -0.322 e. The van der Waals surface area contributed by atoms with Crippen LogP contribution < -0.4 is 5.32 Å². The number of rotatable bonds is 2. The van der Waals surface area contributed by atoms with Crippen LogP contribution in [0.1, 0.15) is 32.7 Å². The lowest BCUT2D eigenvalue weighted by molar-refractivity contribution is -0.137. The van der Waals surface area contributed by atoms with Crippen LogP contribution in [0.5, 0.6) is 0 Å². The lowest BCUT2D eigenvalue weighted by Gasteiger charge is -2.11. The number of nitrogens with zero attached hydrogens (tertiary/aromatic N) is 3. The third-order valence-corrected chi connectivity index (χ3v) is 5.04. The highest BCUT2D eigenvalue weighted by atomic mass is 79.9. The molecule has 1 amide bonds. The standard InChI is InChI=1S/C23H14BrF3N4O/c1-14-4-5-16(22(32)30-19-11-17(23(25,26)27)10-18(24)12-19)9-15(14)6-7-20-13-28-21-3-2-8-29-31(20)21/h2-5,8-13H,1H3,(H,30,32). The van der Waals surface area contributed by atoms with E-state index in [9.17, 15) is 18.0 Å². The van der Waals surface area contributed by atoms with Crippen LogP contribution >= 0.6 is 15.9 Å². The summed E-state index contributed by atoms with van der Waals surface area (Å²) in [5.74, 6) is 5.47. The van der Waals surface area contributed by atoms with Gasteiger partial charge in [-0.05, 0) is 60.9 Å². The van der Waals surface area contributed by atoms with Crippen LogP contribution in [-0.4, -0.2) is 20.5 Å². The summed E-state index contributed by atoms with van der Waals surface area (Å²) in [6.07, 6.45) is -1.29. The maximum absolute atomic E-state index is 13.0. The Morgan fingerprint density at radius 1 is 1.12 bits per heavy atom. The van der Waals surface area contributed by atoms with E-state index in [1.54, 1.807) is 47.2 Å². The first-order chi connectivity index (χ1) is 15.2. The quantitative estimate of drug-likeness (QED) is 0.372. The van der Waals surface area contributed by atoms with Crippen molar-refractivity contribution in [1.82, 2.24) is 14.6 Å². The minimum absolute atomic E-state index is 0.0294. The van der Waals surface area contributed by atoms with Gasteiger partial charge in [-0.25, -0.2) is 9.50 Å². The molecule has 0 fully saturated rings. The minimum atomic E-state index is -4.53. The van der Waals surface area contributed by atoms with Gasteiger partial charge in [0.1, 0.15) is 5.69 Å². The fourth-order valence-corrected chi connectivity index (χ4v) is 3.47. The maximum atomic E-state index is 13.0. The predicted octanol–water partition coefficient (Wildman–Crippen LogP) is 5.47. The van der Waals surface area contributed by atoms with Crippen molar-refractivity contribution in [3.63, 3.8) is 0 Å². The molecule has 160 valence electrons. The summed E-state index contributed by atoms with van der Waals surface area (Å²) >= 11 is 3.05. The van der Waals surface area contributed by atoms with Crippen LogP contribution in [0.3, 0.4) is 0 Å². The maximum Gasteiger partial charge on any atom is 0.416 e. The molecule has 0 bridgehead atoms. The zero-order chi connectivity index (χ0) is 22.9. The first-order valence-electron chi connectivity index (χ1n) is 9.31. The Morgan fingerprint density at radius 2 is 1.94 bits per heavy atom. The second-order valence-electron chi connectivity index (χ2n) is 6.90. The Hall–Kier alpha value is -3.64. The molecule has 32 heavy (non-hydrogen) atoms. The van der Waals surface area contributed by atoms with E-state index in [4.69, 9.17) is 0 Å². The van der Waals surface area contributed by atoms with Crippen molar-refractivity contribution >= 4 is 33.2 Å². The highest BCUT2D eigenvalue weighted by Crippen LogP contribution is 2.33. The zero-order valence-corrected chi connectivity index (χ0v) is 18.1. The number of aryl methyl sites for hydroxylation is 1. The number of halogens is 4. The Morgan fingerprint density at radius 3 is 2.72 bits per heavy atom. The van der Waals surface area contributed by atoms with Crippen molar-refractivity contribution in [2.45, 2.75) is 13.1 Å². The summed E-state index contributed by atoms with van der Waals surface area (Å²) in [5, 5.41) is 6.71. The smallest absolute Gasteiger partial charge is 0.322 e. The van der Waals surface area contributed by atoms with E-state index >= 15 is 0 Å². The average Bonchev–Trinajstić information content (AvgIpc) is 3.15. The molecule has 0 spiro atoms. The van der Waals surface area contributed by atoms with Crippen molar-refractivity contribution in [2.24, 2.45) is 0 Å². The molecule has 4 rings (SSSR count). The number of carbonyl (C=O) groups excluding carboxylic acids is 1. The van der Waals surface area contributed by atoms with Crippen molar-refractivity contribution in [2.75, 3.05) is 5.32 Å². The molecule has 5 nitrogen and oxygen atoms in total. The number of alkyl halides is 3. The average molecular weight is 499 g/mol. The number of anilines is 1. The molecule has 0 radical (unpaired) electrons. The molecule has 2 heterocycles. The van der Waals surface area contributed by atoms with E-state index in [-0.39, 0.29) is 15.7 Å². The summed E-state index contributed by atoms with van der Waals surface area (Å²) in [7, 11) is 0. The molecule has 0 aliphatic carbocycles. The van der Waals surface area contributed by atoms with E-state index in [0.29, 0.717) is 16.9 Å². The molecule has 2 aromatic heterocycles. The van der Waals surface area contributed by atoms with Crippen LogP contribution in [0.15, 0.2) is 65.4 Å². The van der Waals surface area contributed by atoms with Crippen LogP contribution in [0.2, 0.25) is 0 Å². The SMILES string of the molecule is Cc1ccc(C(=O)Nc2cc(Br)cc(C(F)(F)F)c2)cc1C#Cc1cnc2cccnn12. The number of hydrogen-bond donors (Lipinski definition) is 1. The third-order valence-electron chi connectivity index (χ3n) is 4.59. The number of hydrogen-bond acceptors (Lipinski definition) is 3. The summed E-state index contributed by atoms with van der Waals surface area (Å²) in [5.41, 5.74) is 2.13. The van der Waals surface area contributed by atoms with E-state index in [0.717, 1.165) is 17.7 Å². The Bertz CT molecular complexity index is 1400. The fraction of sp³-hybridized carbons (Fsp3) is 0.0870. The molecule has 0 aliphatic heterocycles. The molecule has 2 aromatic carbocycles. The zero-order valence-electron chi connectivity index (χ0n) is 16.5. The first-order valence-corrected chi connectivity index (χ1v) is 10.1. The van der Waals surface area contributed by atoms with Gasteiger partial charge in [0.05, 0.1) is 11.8 Å². The summed E-state index contributed by atoms with van der Waals surface area (Å²) in [6, 6.07) is 11.7. The lowest BCUT2D eigenvalue weighted by atomic mass is 10.0. The number of aromatic nitrogens is 3. The summed E-state index contributed by atoms with van der Waals surface area (Å²) in [4.78, 5) is 16.9. The van der Waals surface area contributed by atoms with Gasteiger partial charge in [-0.1, -0.05) is 27.9 Å². The molecule has 0 unspecified atom stereocenters. The number of fused-ring (bicyclic) bond motifs is 1. The van der Waals surface area contributed by atoms with Gasteiger partial charge in [0.25, 0.3) is 5.91 Å². The van der Waals surface area contributed by atoms with Gasteiger partial charge >= 0.3 is 6.18 Å². The van der Waals surface area contributed by atoms with Crippen molar-refractivity contribution < 1.29 is 18.0 Å². The lowest BCUT2D eigenvalue weighted by Crippen LogP contribution is -2.13. The second kappa shape index (κ2) is 8.48. The Kier molecular flexibility index (Phi) is 5.72. The van der Waals surface area contributed by atoms with Gasteiger partial charge in [0.2, 0.25) is 0 Å². The monoisotopic (exact) mass is 498 g/mol. The van der Waals surface area contributed by atoms with E-state index in [1.165, 1.54) is 6.07 Å². The molecule has 0 saturated carbocycles. The largest absolute Gasteiger partial charge is 0.416 e. The first kappa shape index (κ1) is 21.6. The molecule has 0 saturated heterocycles. The number of benzene rings is 2. The van der Waals surface area contributed by atoms with Gasteiger partial charge < -0.3 is 5.32 Å². The molecule has 1 N–H and O–H groups in total. The van der Waals surface area contributed by atoms with E-state index in [1.807, 2.05) is 6.92 Å². The third kappa shape index (κ3) is 4.65. The molecular formula is C23H14BrF3N4O. The van der Waals surface area contributed by atoms with Gasteiger partial charge in [0, 0.05) is 27.5 Å². The van der Waals surface area contributed by atoms with Crippen LogP contribution in [-0.2, 0) is 6.18 Å². The van der Waals surface area contributed by atoms with Crippen molar-refractivity contribution in [3.05, 3.63) is 93.3 Å². The molecular weight excluding hydrogens is 485 g/mol. The highest BCUT2D eigenvalue weighted by molar-refractivity contribution is 9.10. The summed E-state index contributed by atoms with van der Waals surface area (Å²) < 4.78 is 40.9. The number of nitrogens with one attached hydrogen (secondary N) is 1. The summed E-state index contributed by atoms with van der Waals surface area (Å²) in [6.45, 7) is 1.85. The fourth-order valence-electron chi connectivity index (χ4n) is 2.97. The van der Waals surface area contributed by atoms with Crippen LogP contribution in [0, 0.1) is 18.8 Å². The topological polar surface area (TPSA) is 59.3 Å².